The van der Waals surface area contributed by atoms with Crippen LogP contribution in [0.4, 0.5) is 0 Å². The van der Waals surface area contributed by atoms with Crippen LogP contribution in [0.25, 0.3) is 6.08 Å². The molecule has 1 aromatic heterocycles. The Kier molecular flexibility index (Phi) is 6.31. The lowest BCUT2D eigenvalue weighted by atomic mass is 10.1. The summed E-state index contributed by atoms with van der Waals surface area (Å²) in [6.45, 7) is 2.01. The zero-order valence-electron chi connectivity index (χ0n) is 13.8. The number of amides is 1. The Balaban J connectivity index is 2.02. The maximum absolute atomic E-state index is 12.1. The molecule has 0 bridgehead atoms. The van der Waals surface area contributed by atoms with Crippen molar-refractivity contribution in [2.45, 2.75) is 19.4 Å². The molecule has 6 heteroatoms. The van der Waals surface area contributed by atoms with E-state index in [1.54, 1.807) is 37.1 Å². The van der Waals surface area contributed by atoms with E-state index in [-0.39, 0.29) is 12.5 Å². The highest BCUT2D eigenvalue weighted by molar-refractivity contribution is 5.94. The van der Waals surface area contributed by atoms with Crippen LogP contribution in [0.3, 0.4) is 0 Å². The molecule has 0 aliphatic carbocycles. The summed E-state index contributed by atoms with van der Waals surface area (Å²) in [5.74, 6) is -0.794. The van der Waals surface area contributed by atoms with Gasteiger partial charge < -0.3 is 10.1 Å². The maximum Gasteiger partial charge on any atom is 0.328 e. The van der Waals surface area contributed by atoms with Gasteiger partial charge in [-0.2, -0.15) is 5.10 Å². The lowest BCUT2D eigenvalue weighted by Gasteiger charge is -2.16. The van der Waals surface area contributed by atoms with Crippen molar-refractivity contribution in [3.05, 3.63) is 59.9 Å². The zero-order valence-corrected chi connectivity index (χ0v) is 13.8. The van der Waals surface area contributed by atoms with Gasteiger partial charge in [0.15, 0.2) is 0 Å². The molecule has 126 valence electrons. The molecule has 1 atom stereocenters. The van der Waals surface area contributed by atoms with Crippen LogP contribution in [0, 0.1) is 0 Å². The number of carbonyl (C=O) groups excluding carboxylic acids is 2. The van der Waals surface area contributed by atoms with Gasteiger partial charge >= 0.3 is 5.97 Å². The van der Waals surface area contributed by atoms with Crippen LogP contribution in [0.5, 0.6) is 0 Å². The van der Waals surface area contributed by atoms with Gasteiger partial charge in [0.25, 0.3) is 0 Å². The summed E-state index contributed by atoms with van der Waals surface area (Å²) in [5.41, 5.74) is 1.76. The summed E-state index contributed by atoms with van der Waals surface area (Å²) in [6.07, 6.45) is 6.85. The molecule has 1 heterocycles. The number of hydrogen-bond donors (Lipinski definition) is 1. The molecule has 0 saturated heterocycles. The minimum absolute atomic E-state index is 0.269. The van der Waals surface area contributed by atoms with Gasteiger partial charge in [0.1, 0.15) is 6.04 Å². The molecular formula is C18H21N3O3. The Morgan fingerprint density at radius 3 is 2.71 bits per heavy atom. The lowest BCUT2D eigenvalue weighted by Crippen LogP contribution is -2.42. The van der Waals surface area contributed by atoms with E-state index in [1.165, 1.54) is 6.08 Å². The van der Waals surface area contributed by atoms with Crippen LogP contribution in [0.15, 0.2) is 48.8 Å². The van der Waals surface area contributed by atoms with Crippen molar-refractivity contribution in [3.8, 4) is 0 Å². The third kappa shape index (κ3) is 5.39. The molecule has 1 amide bonds. The molecule has 0 saturated carbocycles. The number of nitrogens with one attached hydrogen (secondary N) is 1. The highest BCUT2D eigenvalue weighted by Gasteiger charge is 2.21. The minimum atomic E-state index is -0.724. The molecule has 0 radical (unpaired) electrons. The van der Waals surface area contributed by atoms with Crippen molar-refractivity contribution in [2.24, 2.45) is 7.05 Å². The fraction of sp³-hybridized carbons (Fsp3) is 0.278. The van der Waals surface area contributed by atoms with Crippen LogP contribution >= 0.6 is 0 Å². The smallest absolute Gasteiger partial charge is 0.328 e. The summed E-state index contributed by atoms with van der Waals surface area (Å²) < 4.78 is 6.70. The highest BCUT2D eigenvalue weighted by Crippen LogP contribution is 2.05. The number of aromatic nitrogens is 2. The first-order valence-electron chi connectivity index (χ1n) is 7.76. The van der Waals surface area contributed by atoms with Crippen molar-refractivity contribution in [1.29, 1.82) is 0 Å². The molecule has 0 aliphatic heterocycles. The number of esters is 1. The fourth-order valence-electron chi connectivity index (χ4n) is 2.20. The van der Waals surface area contributed by atoms with E-state index in [4.69, 9.17) is 4.74 Å². The quantitative estimate of drug-likeness (QED) is 0.621. The lowest BCUT2D eigenvalue weighted by molar-refractivity contribution is -0.146. The number of rotatable bonds is 7. The van der Waals surface area contributed by atoms with Gasteiger partial charge in [-0.1, -0.05) is 30.3 Å². The van der Waals surface area contributed by atoms with Crippen molar-refractivity contribution < 1.29 is 14.3 Å². The molecule has 1 unspecified atom stereocenters. The average molecular weight is 327 g/mol. The van der Waals surface area contributed by atoms with Crippen LogP contribution in [0.1, 0.15) is 18.1 Å². The molecule has 0 aliphatic rings. The second-order valence-electron chi connectivity index (χ2n) is 5.28. The fourth-order valence-corrected chi connectivity index (χ4v) is 2.20. The third-order valence-corrected chi connectivity index (χ3v) is 3.32. The largest absolute Gasteiger partial charge is 0.464 e. The summed E-state index contributed by atoms with van der Waals surface area (Å²) in [5, 5.41) is 6.72. The Bertz CT molecular complexity index is 707. The van der Waals surface area contributed by atoms with Crippen molar-refractivity contribution in [2.75, 3.05) is 6.61 Å². The van der Waals surface area contributed by atoms with E-state index >= 15 is 0 Å². The Labute approximate surface area is 141 Å². The van der Waals surface area contributed by atoms with Gasteiger partial charge in [-0.15, -0.1) is 0 Å². The van der Waals surface area contributed by atoms with Gasteiger partial charge in [-0.3, -0.25) is 9.48 Å². The zero-order chi connectivity index (χ0) is 17.4. The number of ether oxygens (including phenoxy) is 1. The molecule has 24 heavy (non-hydrogen) atoms. The molecule has 2 aromatic rings. The van der Waals surface area contributed by atoms with E-state index in [0.29, 0.717) is 6.42 Å². The number of benzene rings is 1. The van der Waals surface area contributed by atoms with E-state index in [9.17, 15) is 9.59 Å². The Morgan fingerprint density at radius 2 is 2.08 bits per heavy atom. The van der Waals surface area contributed by atoms with Crippen molar-refractivity contribution >= 4 is 18.0 Å². The molecule has 2 rings (SSSR count). The SMILES string of the molecule is CCOC(=O)C(Cc1ccccc1)NC(=O)C=Cc1cnn(C)c1. The molecule has 0 spiro atoms. The van der Waals surface area contributed by atoms with E-state index in [0.717, 1.165) is 11.1 Å². The Hall–Kier alpha value is -2.89. The van der Waals surface area contributed by atoms with Crippen LogP contribution < -0.4 is 5.32 Å². The minimum Gasteiger partial charge on any atom is -0.464 e. The van der Waals surface area contributed by atoms with Gasteiger partial charge in [0.05, 0.1) is 12.8 Å². The third-order valence-electron chi connectivity index (χ3n) is 3.32. The summed E-state index contributed by atoms with van der Waals surface area (Å²) in [7, 11) is 1.80. The first-order chi connectivity index (χ1) is 11.6. The highest BCUT2D eigenvalue weighted by atomic mass is 16.5. The van der Waals surface area contributed by atoms with Gasteiger partial charge in [0.2, 0.25) is 5.91 Å². The van der Waals surface area contributed by atoms with Gasteiger partial charge in [-0.25, -0.2) is 4.79 Å². The molecule has 1 aromatic carbocycles. The summed E-state index contributed by atoms with van der Waals surface area (Å²) in [4.78, 5) is 24.2. The van der Waals surface area contributed by atoms with Crippen LogP contribution in [0.2, 0.25) is 0 Å². The topological polar surface area (TPSA) is 73.2 Å². The molecule has 6 nitrogen and oxygen atoms in total. The number of carbonyl (C=O) groups is 2. The van der Waals surface area contributed by atoms with Gasteiger partial charge in [0, 0.05) is 31.3 Å². The Morgan fingerprint density at radius 1 is 1.33 bits per heavy atom. The first-order valence-corrected chi connectivity index (χ1v) is 7.76. The second kappa shape index (κ2) is 8.67. The predicted molar refractivity (Wildman–Crippen MR) is 91.0 cm³/mol. The molecule has 0 fully saturated rings. The second-order valence-corrected chi connectivity index (χ2v) is 5.28. The average Bonchev–Trinajstić information content (AvgIpc) is 2.99. The molecule has 1 N–H and O–H groups in total. The predicted octanol–water partition coefficient (Wildman–Crippen LogP) is 1.72. The first kappa shape index (κ1) is 17.5. The van der Waals surface area contributed by atoms with E-state index in [2.05, 4.69) is 10.4 Å². The van der Waals surface area contributed by atoms with Crippen molar-refractivity contribution in [1.82, 2.24) is 15.1 Å². The normalized spacial score (nSPS) is 12.1. The standard InChI is InChI=1S/C18H21N3O3/c1-3-24-18(23)16(11-14-7-5-4-6-8-14)20-17(22)10-9-15-12-19-21(2)13-15/h4-10,12-13,16H,3,11H2,1-2H3,(H,20,22). The number of hydrogen-bond acceptors (Lipinski definition) is 4. The van der Waals surface area contributed by atoms with Crippen LogP contribution in [-0.2, 0) is 27.8 Å². The summed E-state index contributed by atoms with van der Waals surface area (Å²) >= 11 is 0. The number of aryl methyl sites for hydroxylation is 1. The van der Waals surface area contributed by atoms with E-state index < -0.39 is 12.0 Å². The molecular weight excluding hydrogens is 306 g/mol. The van der Waals surface area contributed by atoms with Crippen LogP contribution in [-0.4, -0.2) is 34.3 Å². The monoisotopic (exact) mass is 327 g/mol. The number of nitrogens with zero attached hydrogens (tertiary/aromatic N) is 2. The summed E-state index contributed by atoms with van der Waals surface area (Å²) in [6, 6.07) is 8.77. The van der Waals surface area contributed by atoms with Gasteiger partial charge in [-0.05, 0) is 18.6 Å². The maximum atomic E-state index is 12.1. The van der Waals surface area contributed by atoms with E-state index in [1.807, 2.05) is 30.3 Å². The van der Waals surface area contributed by atoms with Crippen molar-refractivity contribution in [3.63, 3.8) is 0 Å².